The van der Waals surface area contributed by atoms with Crippen LogP contribution in [0.2, 0.25) is 5.02 Å². The van der Waals surface area contributed by atoms with Gasteiger partial charge in [-0.2, -0.15) is 0 Å². The second-order valence-electron chi connectivity index (χ2n) is 4.15. The Labute approximate surface area is 105 Å². The molecule has 0 spiro atoms. The highest BCUT2D eigenvalue weighted by Crippen LogP contribution is 2.26. The number of rotatable bonds is 6. The maximum absolute atomic E-state index is 13.4. The highest BCUT2D eigenvalue weighted by Gasteiger charge is 2.15. The highest BCUT2D eigenvalue weighted by molar-refractivity contribution is 6.30. The van der Waals surface area contributed by atoms with Crippen LogP contribution in [0.25, 0.3) is 0 Å². The van der Waals surface area contributed by atoms with Gasteiger partial charge in [0.2, 0.25) is 0 Å². The average Bonchev–Trinajstić information content (AvgIpc) is 2.29. The summed E-state index contributed by atoms with van der Waals surface area (Å²) in [5.74, 6) is -1.35. The fourth-order valence-corrected chi connectivity index (χ4v) is 1.86. The lowest BCUT2D eigenvalue weighted by Crippen LogP contribution is -2.02. The third-order valence-electron chi connectivity index (χ3n) is 2.73. The van der Waals surface area contributed by atoms with Crippen LogP contribution in [0, 0.1) is 11.6 Å². The van der Waals surface area contributed by atoms with E-state index in [0.29, 0.717) is 6.42 Å². The molecule has 0 bridgehead atoms. The normalized spacial score (nSPS) is 12.8. The molecule has 0 aliphatic rings. The van der Waals surface area contributed by atoms with Crippen molar-refractivity contribution in [3.8, 4) is 0 Å². The van der Waals surface area contributed by atoms with E-state index in [1.807, 2.05) is 0 Å². The van der Waals surface area contributed by atoms with E-state index in [-0.39, 0.29) is 10.6 Å². The third-order valence-corrected chi connectivity index (χ3v) is 3.02. The monoisotopic (exact) mass is 262 g/mol. The van der Waals surface area contributed by atoms with Crippen LogP contribution >= 0.6 is 11.6 Å². The van der Waals surface area contributed by atoms with E-state index >= 15 is 0 Å². The summed E-state index contributed by atoms with van der Waals surface area (Å²) in [4.78, 5) is 0. The van der Waals surface area contributed by atoms with Gasteiger partial charge in [-0.15, -0.1) is 0 Å². The molecule has 96 valence electrons. The molecule has 1 aromatic carbocycles. The van der Waals surface area contributed by atoms with Gasteiger partial charge in [0.25, 0.3) is 0 Å². The SMILES string of the molecule is CCCCCCC(O)c1cc(F)c(Cl)cc1F. The van der Waals surface area contributed by atoms with Gasteiger partial charge in [0.1, 0.15) is 11.6 Å². The molecule has 0 fully saturated rings. The number of unbranched alkanes of at least 4 members (excludes halogenated alkanes) is 3. The first-order chi connectivity index (χ1) is 8.06. The molecule has 1 rings (SSSR count). The Morgan fingerprint density at radius 3 is 2.53 bits per heavy atom. The zero-order chi connectivity index (χ0) is 12.8. The Morgan fingerprint density at radius 1 is 1.18 bits per heavy atom. The molecule has 0 saturated carbocycles. The molecule has 1 unspecified atom stereocenters. The number of benzene rings is 1. The van der Waals surface area contributed by atoms with E-state index in [0.717, 1.165) is 37.8 Å². The van der Waals surface area contributed by atoms with Crippen LogP contribution in [0.15, 0.2) is 12.1 Å². The van der Waals surface area contributed by atoms with Gasteiger partial charge in [0, 0.05) is 5.56 Å². The predicted octanol–water partition coefficient (Wildman–Crippen LogP) is 4.62. The zero-order valence-electron chi connectivity index (χ0n) is 9.85. The second kappa shape index (κ2) is 6.92. The topological polar surface area (TPSA) is 20.2 Å². The maximum atomic E-state index is 13.4. The van der Waals surface area contributed by atoms with Crippen molar-refractivity contribution in [3.63, 3.8) is 0 Å². The van der Waals surface area contributed by atoms with Gasteiger partial charge >= 0.3 is 0 Å². The van der Waals surface area contributed by atoms with Crippen LogP contribution in [0.4, 0.5) is 8.78 Å². The van der Waals surface area contributed by atoms with Crippen molar-refractivity contribution in [2.24, 2.45) is 0 Å². The minimum Gasteiger partial charge on any atom is -0.388 e. The summed E-state index contributed by atoms with van der Waals surface area (Å²) in [6, 6.07) is 1.88. The molecule has 0 saturated heterocycles. The van der Waals surface area contributed by atoms with Gasteiger partial charge < -0.3 is 5.11 Å². The summed E-state index contributed by atoms with van der Waals surface area (Å²) < 4.78 is 26.6. The lowest BCUT2D eigenvalue weighted by Gasteiger charge is -2.12. The van der Waals surface area contributed by atoms with Gasteiger partial charge in [-0.05, 0) is 18.6 Å². The molecule has 0 aliphatic carbocycles. The molecular formula is C13H17ClF2O. The quantitative estimate of drug-likeness (QED) is 0.586. The predicted molar refractivity (Wildman–Crippen MR) is 65.1 cm³/mol. The molecule has 17 heavy (non-hydrogen) atoms. The van der Waals surface area contributed by atoms with Gasteiger partial charge in [-0.25, -0.2) is 8.78 Å². The molecule has 1 N–H and O–H groups in total. The zero-order valence-corrected chi connectivity index (χ0v) is 10.6. The van der Waals surface area contributed by atoms with Crippen LogP contribution < -0.4 is 0 Å². The van der Waals surface area contributed by atoms with Crippen molar-refractivity contribution in [1.29, 1.82) is 0 Å². The minimum atomic E-state index is -0.960. The Morgan fingerprint density at radius 2 is 1.88 bits per heavy atom. The summed E-state index contributed by atoms with van der Waals surface area (Å²) in [6.45, 7) is 2.09. The number of aliphatic hydroxyl groups excluding tert-OH is 1. The minimum absolute atomic E-state index is 0.0107. The Hall–Kier alpha value is -0.670. The highest BCUT2D eigenvalue weighted by atomic mass is 35.5. The lowest BCUT2D eigenvalue weighted by atomic mass is 10.0. The third kappa shape index (κ3) is 4.25. The van der Waals surface area contributed by atoms with Crippen molar-refractivity contribution in [3.05, 3.63) is 34.4 Å². The molecule has 1 atom stereocenters. The standard InChI is InChI=1S/C13H17ClF2O/c1-2-3-4-5-6-13(17)9-7-12(16)10(14)8-11(9)15/h7-8,13,17H,2-6H2,1H3. The molecule has 0 aromatic heterocycles. The van der Waals surface area contributed by atoms with Crippen LogP contribution in [-0.4, -0.2) is 5.11 Å². The van der Waals surface area contributed by atoms with Gasteiger partial charge in [-0.3, -0.25) is 0 Å². The fourth-order valence-electron chi connectivity index (χ4n) is 1.71. The van der Waals surface area contributed by atoms with Crippen LogP contribution in [-0.2, 0) is 0 Å². The second-order valence-corrected chi connectivity index (χ2v) is 4.56. The first-order valence-corrected chi connectivity index (χ1v) is 6.26. The Kier molecular flexibility index (Phi) is 5.86. The molecule has 0 radical (unpaired) electrons. The number of hydrogen-bond donors (Lipinski definition) is 1. The Balaban J connectivity index is 2.62. The van der Waals surface area contributed by atoms with E-state index in [4.69, 9.17) is 11.6 Å². The smallest absolute Gasteiger partial charge is 0.142 e. The van der Waals surface area contributed by atoms with Crippen molar-refractivity contribution in [2.75, 3.05) is 0 Å². The average molecular weight is 263 g/mol. The lowest BCUT2D eigenvalue weighted by molar-refractivity contribution is 0.158. The van der Waals surface area contributed by atoms with Gasteiger partial charge in [-0.1, -0.05) is 44.2 Å². The van der Waals surface area contributed by atoms with Crippen LogP contribution in [0.1, 0.15) is 50.7 Å². The van der Waals surface area contributed by atoms with E-state index < -0.39 is 17.7 Å². The molecular weight excluding hydrogens is 246 g/mol. The van der Waals surface area contributed by atoms with E-state index in [9.17, 15) is 13.9 Å². The fraction of sp³-hybridized carbons (Fsp3) is 0.538. The summed E-state index contributed by atoms with van der Waals surface area (Å²) >= 11 is 5.44. The Bertz CT molecular complexity index is 369. The summed E-state index contributed by atoms with van der Waals surface area (Å²) in [5, 5.41) is 9.51. The molecule has 0 heterocycles. The largest absolute Gasteiger partial charge is 0.388 e. The maximum Gasteiger partial charge on any atom is 0.142 e. The van der Waals surface area contributed by atoms with Crippen molar-refractivity contribution >= 4 is 11.6 Å². The molecule has 4 heteroatoms. The van der Waals surface area contributed by atoms with Gasteiger partial charge in [0.05, 0.1) is 11.1 Å². The van der Waals surface area contributed by atoms with Crippen LogP contribution in [0.5, 0.6) is 0 Å². The summed E-state index contributed by atoms with van der Waals surface area (Å²) in [7, 11) is 0. The molecule has 1 aromatic rings. The van der Waals surface area contributed by atoms with Crippen LogP contribution in [0.3, 0.4) is 0 Å². The number of aliphatic hydroxyl groups is 1. The summed E-state index contributed by atoms with van der Waals surface area (Å²) in [5.41, 5.74) is -0.0107. The molecule has 1 nitrogen and oxygen atoms in total. The van der Waals surface area contributed by atoms with Gasteiger partial charge in [0.15, 0.2) is 0 Å². The molecule has 0 amide bonds. The van der Waals surface area contributed by atoms with Crippen molar-refractivity contribution < 1.29 is 13.9 Å². The number of hydrogen-bond acceptors (Lipinski definition) is 1. The summed E-state index contributed by atoms with van der Waals surface area (Å²) in [6.07, 6.45) is 3.46. The van der Waals surface area contributed by atoms with Crippen molar-refractivity contribution in [1.82, 2.24) is 0 Å². The van der Waals surface area contributed by atoms with E-state index in [2.05, 4.69) is 6.92 Å². The van der Waals surface area contributed by atoms with E-state index in [1.54, 1.807) is 0 Å². The van der Waals surface area contributed by atoms with Crippen molar-refractivity contribution in [2.45, 2.75) is 45.1 Å². The first-order valence-electron chi connectivity index (χ1n) is 5.88. The van der Waals surface area contributed by atoms with E-state index in [1.165, 1.54) is 0 Å². The molecule has 0 aliphatic heterocycles. The first kappa shape index (κ1) is 14.4. The number of halogens is 3.